The van der Waals surface area contributed by atoms with Crippen LogP contribution < -0.4 is 5.32 Å². The zero-order valence-electron chi connectivity index (χ0n) is 10.3. The number of aliphatic hydroxyl groups is 1. The lowest BCUT2D eigenvalue weighted by Crippen LogP contribution is -2.47. The Morgan fingerprint density at radius 3 is 2.72 bits per heavy atom. The van der Waals surface area contributed by atoms with Crippen molar-refractivity contribution in [1.82, 2.24) is 5.32 Å². The molecule has 98 valence electrons. The van der Waals surface area contributed by atoms with Gasteiger partial charge in [0.15, 0.2) is 0 Å². The van der Waals surface area contributed by atoms with Gasteiger partial charge in [-0.2, -0.15) is 0 Å². The number of aryl methyl sites for hydroxylation is 1. The Hall–Kier alpha value is -0.870. The van der Waals surface area contributed by atoms with Crippen LogP contribution in [0.15, 0.2) is 28.7 Å². The molecule has 1 saturated carbocycles. The van der Waals surface area contributed by atoms with E-state index in [0.29, 0.717) is 19.4 Å². The Morgan fingerprint density at radius 2 is 2.11 bits per heavy atom. The van der Waals surface area contributed by atoms with Crippen molar-refractivity contribution in [3.8, 4) is 0 Å². The van der Waals surface area contributed by atoms with Gasteiger partial charge in [-0.25, -0.2) is 0 Å². The summed E-state index contributed by atoms with van der Waals surface area (Å²) in [6.07, 6.45) is 3.84. The Labute approximate surface area is 116 Å². The highest BCUT2D eigenvalue weighted by molar-refractivity contribution is 9.10. The summed E-state index contributed by atoms with van der Waals surface area (Å²) in [5.41, 5.74) is 0.498. The van der Waals surface area contributed by atoms with Gasteiger partial charge in [-0.15, -0.1) is 0 Å². The molecule has 2 N–H and O–H groups in total. The summed E-state index contributed by atoms with van der Waals surface area (Å²) in [6.45, 7) is 0.391. The lowest BCUT2D eigenvalue weighted by Gasteiger charge is -2.36. The third-order valence-corrected chi connectivity index (χ3v) is 4.25. The molecular formula is C14H18BrNO2. The average molecular weight is 312 g/mol. The molecule has 0 unspecified atom stereocenters. The van der Waals surface area contributed by atoms with Crippen LogP contribution in [0.4, 0.5) is 0 Å². The molecule has 0 bridgehead atoms. The number of carbonyl (C=O) groups is 1. The molecule has 18 heavy (non-hydrogen) atoms. The van der Waals surface area contributed by atoms with Crippen molar-refractivity contribution in [2.45, 2.75) is 37.7 Å². The molecule has 3 nitrogen and oxygen atoms in total. The first-order chi connectivity index (χ1) is 8.59. The largest absolute Gasteiger partial charge is 0.388 e. The second kappa shape index (κ2) is 5.85. The van der Waals surface area contributed by atoms with Gasteiger partial charge in [0.25, 0.3) is 0 Å². The van der Waals surface area contributed by atoms with Gasteiger partial charge in [-0.05, 0) is 37.3 Å². The predicted molar refractivity (Wildman–Crippen MR) is 74.3 cm³/mol. The predicted octanol–water partition coefficient (Wildman–Crippen LogP) is 2.41. The first-order valence-electron chi connectivity index (χ1n) is 6.32. The summed E-state index contributed by atoms with van der Waals surface area (Å²) < 4.78 is 1.04. The number of nitrogens with one attached hydrogen (secondary N) is 1. The van der Waals surface area contributed by atoms with Crippen LogP contribution in [-0.2, 0) is 11.2 Å². The van der Waals surface area contributed by atoms with Gasteiger partial charge in [0, 0.05) is 17.4 Å². The number of halogens is 1. The summed E-state index contributed by atoms with van der Waals surface area (Å²) >= 11 is 3.47. The number of hydrogen-bond donors (Lipinski definition) is 2. The fourth-order valence-electron chi connectivity index (χ4n) is 2.06. The fourth-order valence-corrected chi connectivity index (χ4v) is 2.55. The van der Waals surface area contributed by atoms with E-state index >= 15 is 0 Å². The van der Waals surface area contributed by atoms with Gasteiger partial charge < -0.3 is 10.4 Å². The van der Waals surface area contributed by atoms with E-state index < -0.39 is 5.60 Å². The van der Waals surface area contributed by atoms with Crippen LogP contribution in [0.3, 0.4) is 0 Å². The molecule has 0 radical (unpaired) electrons. The molecule has 0 heterocycles. The molecule has 1 aliphatic carbocycles. The molecule has 1 aromatic rings. The van der Waals surface area contributed by atoms with E-state index in [2.05, 4.69) is 21.2 Å². The summed E-state index contributed by atoms with van der Waals surface area (Å²) in [4.78, 5) is 11.7. The molecule has 0 spiro atoms. The zero-order valence-corrected chi connectivity index (χ0v) is 11.9. The molecule has 0 aliphatic heterocycles. The van der Waals surface area contributed by atoms with Crippen LogP contribution >= 0.6 is 15.9 Å². The van der Waals surface area contributed by atoms with Crippen LogP contribution in [0.5, 0.6) is 0 Å². The highest BCUT2D eigenvalue weighted by Crippen LogP contribution is 2.30. The van der Waals surface area contributed by atoms with Crippen molar-refractivity contribution >= 4 is 21.8 Å². The number of benzene rings is 1. The lowest BCUT2D eigenvalue weighted by atomic mass is 9.80. The van der Waals surface area contributed by atoms with E-state index in [9.17, 15) is 9.90 Å². The topological polar surface area (TPSA) is 49.3 Å². The fraction of sp³-hybridized carbons (Fsp3) is 0.500. The zero-order chi connectivity index (χ0) is 13.0. The highest BCUT2D eigenvalue weighted by Gasteiger charge is 2.34. The van der Waals surface area contributed by atoms with E-state index in [1.54, 1.807) is 0 Å². The van der Waals surface area contributed by atoms with E-state index in [1.165, 1.54) is 0 Å². The molecule has 1 fully saturated rings. The SMILES string of the molecule is O=C(CCc1ccccc1Br)NCC1(O)CCC1. The monoisotopic (exact) mass is 311 g/mol. The normalized spacial score (nSPS) is 17.0. The molecule has 2 rings (SSSR count). The quantitative estimate of drug-likeness (QED) is 0.877. The molecule has 4 heteroatoms. The number of carbonyl (C=O) groups excluding carboxylic acids is 1. The molecule has 0 atom stereocenters. The smallest absolute Gasteiger partial charge is 0.220 e. The van der Waals surface area contributed by atoms with Crippen molar-refractivity contribution < 1.29 is 9.90 Å². The van der Waals surface area contributed by atoms with Crippen molar-refractivity contribution in [3.05, 3.63) is 34.3 Å². The molecule has 1 amide bonds. The van der Waals surface area contributed by atoms with E-state index in [-0.39, 0.29) is 5.91 Å². The Morgan fingerprint density at radius 1 is 1.39 bits per heavy atom. The Balaban J connectivity index is 1.73. The molecular weight excluding hydrogens is 294 g/mol. The summed E-state index contributed by atoms with van der Waals surface area (Å²) in [5, 5.41) is 12.7. The Bertz CT molecular complexity index is 430. The third kappa shape index (κ3) is 3.56. The molecule has 0 saturated heterocycles. The standard InChI is InChI=1S/C14H18BrNO2/c15-12-5-2-1-4-11(12)6-7-13(17)16-10-14(18)8-3-9-14/h1-2,4-5,18H,3,6-10H2,(H,16,17). The number of rotatable bonds is 5. The second-order valence-corrected chi connectivity index (χ2v) is 5.80. The molecule has 1 aromatic carbocycles. The minimum absolute atomic E-state index is 0.00563. The van der Waals surface area contributed by atoms with Crippen LogP contribution in [0, 0.1) is 0 Å². The van der Waals surface area contributed by atoms with Crippen molar-refractivity contribution in [3.63, 3.8) is 0 Å². The van der Waals surface area contributed by atoms with Crippen LogP contribution in [0.1, 0.15) is 31.2 Å². The minimum atomic E-state index is -0.636. The van der Waals surface area contributed by atoms with Crippen LogP contribution in [0.25, 0.3) is 0 Å². The maximum absolute atomic E-state index is 11.7. The maximum atomic E-state index is 11.7. The molecule has 0 aromatic heterocycles. The van der Waals surface area contributed by atoms with Crippen LogP contribution in [0.2, 0.25) is 0 Å². The Kier molecular flexibility index (Phi) is 4.40. The average Bonchev–Trinajstić information content (AvgIpc) is 2.33. The van der Waals surface area contributed by atoms with Gasteiger partial charge in [-0.1, -0.05) is 34.1 Å². The maximum Gasteiger partial charge on any atom is 0.220 e. The second-order valence-electron chi connectivity index (χ2n) is 4.95. The highest BCUT2D eigenvalue weighted by atomic mass is 79.9. The van der Waals surface area contributed by atoms with Gasteiger partial charge in [0.2, 0.25) is 5.91 Å². The molecule has 1 aliphatic rings. The number of amides is 1. The van der Waals surface area contributed by atoms with Crippen molar-refractivity contribution in [1.29, 1.82) is 0 Å². The summed E-state index contributed by atoms with van der Waals surface area (Å²) in [5.74, 6) is 0.00563. The van der Waals surface area contributed by atoms with Crippen molar-refractivity contribution in [2.75, 3.05) is 6.54 Å². The van der Waals surface area contributed by atoms with Gasteiger partial charge in [-0.3, -0.25) is 4.79 Å². The van der Waals surface area contributed by atoms with Gasteiger partial charge in [0.05, 0.1) is 5.60 Å². The van der Waals surface area contributed by atoms with Gasteiger partial charge >= 0.3 is 0 Å². The van der Waals surface area contributed by atoms with E-state index in [0.717, 1.165) is 29.3 Å². The third-order valence-electron chi connectivity index (χ3n) is 3.48. The minimum Gasteiger partial charge on any atom is -0.388 e. The van der Waals surface area contributed by atoms with Crippen molar-refractivity contribution in [2.24, 2.45) is 0 Å². The van der Waals surface area contributed by atoms with E-state index in [1.807, 2.05) is 24.3 Å². The van der Waals surface area contributed by atoms with Crippen LogP contribution in [-0.4, -0.2) is 23.2 Å². The lowest BCUT2D eigenvalue weighted by molar-refractivity contribution is -0.123. The van der Waals surface area contributed by atoms with E-state index in [4.69, 9.17) is 0 Å². The first kappa shape index (κ1) is 13.6. The van der Waals surface area contributed by atoms with Gasteiger partial charge in [0.1, 0.15) is 0 Å². The summed E-state index contributed by atoms with van der Waals surface area (Å²) in [6, 6.07) is 7.91. The first-order valence-corrected chi connectivity index (χ1v) is 7.11. The number of hydrogen-bond acceptors (Lipinski definition) is 2. The summed E-state index contributed by atoms with van der Waals surface area (Å²) in [7, 11) is 0.